The molecule has 2 amide bonds. The molecule has 1 aliphatic carbocycles. The summed E-state index contributed by atoms with van der Waals surface area (Å²) < 4.78 is 5.94. The Kier molecular flexibility index (Phi) is 5.67. The van der Waals surface area contributed by atoms with Gasteiger partial charge in [-0.3, -0.25) is 9.59 Å². The lowest BCUT2D eigenvalue weighted by atomic mass is 9.88. The largest absolute Gasteiger partial charge is 0.449 e. The SMILES string of the molecule is CCN1CCN(C(=O)c2oc3ccccc3c2NC(=O)C2CCCCC2)CC1. The van der Waals surface area contributed by atoms with Gasteiger partial charge in [0.05, 0.1) is 0 Å². The lowest BCUT2D eigenvalue weighted by Gasteiger charge is -2.33. The standard InChI is InChI=1S/C22H29N3O3/c1-2-24-12-14-25(15-13-24)22(27)20-19(17-10-6-7-11-18(17)28-20)23-21(26)16-8-4-3-5-9-16/h6-7,10-11,16H,2-5,8-9,12-15H2,1H3,(H,23,26). The zero-order valence-electron chi connectivity index (χ0n) is 16.6. The van der Waals surface area contributed by atoms with Gasteiger partial charge in [-0.1, -0.05) is 38.3 Å². The van der Waals surface area contributed by atoms with Gasteiger partial charge in [0.2, 0.25) is 11.7 Å². The monoisotopic (exact) mass is 383 g/mol. The fraction of sp³-hybridized carbons (Fsp3) is 0.545. The summed E-state index contributed by atoms with van der Waals surface area (Å²) in [6.45, 7) is 6.23. The van der Waals surface area contributed by atoms with E-state index < -0.39 is 0 Å². The highest BCUT2D eigenvalue weighted by Crippen LogP contribution is 2.33. The molecule has 1 aliphatic heterocycles. The van der Waals surface area contributed by atoms with Gasteiger partial charge >= 0.3 is 0 Å². The highest BCUT2D eigenvalue weighted by atomic mass is 16.3. The molecule has 6 nitrogen and oxygen atoms in total. The minimum atomic E-state index is -0.133. The average molecular weight is 383 g/mol. The van der Waals surface area contributed by atoms with Crippen molar-refractivity contribution in [3.8, 4) is 0 Å². The lowest BCUT2D eigenvalue weighted by Crippen LogP contribution is -2.48. The van der Waals surface area contributed by atoms with Gasteiger partial charge in [0.25, 0.3) is 5.91 Å². The molecule has 0 spiro atoms. The minimum Gasteiger partial charge on any atom is -0.449 e. The second-order valence-corrected chi connectivity index (χ2v) is 7.85. The van der Waals surface area contributed by atoms with Gasteiger partial charge < -0.3 is 19.5 Å². The van der Waals surface area contributed by atoms with Gasteiger partial charge in [-0.2, -0.15) is 0 Å². The van der Waals surface area contributed by atoms with Crippen LogP contribution in [0.15, 0.2) is 28.7 Å². The smallest absolute Gasteiger partial charge is 0.291 e. The van der Waals surface area contributed by atoms with Crippen LogP contribution in [-0.4, -0.2) is 54.3 Å². The highest BCUT2D eigenvalue weighted by molar-refractivity contribution is 6.11. The van der Waals surface area contributed by atoms with E-state index in [-0.39, 0.29) is 23.5 Å². The van der Waals surface area contributed by atoms with E-state index in [1.807, 2.05) is 29.2 Å². The molecule has 1 aromatic heterocycles. The van der Waals surface area contributed by atoms with Crippen LogP contribution in [0.1, 0.15) is 49.6 Å². The number of carbonyl (C=O) groups is 2. The summed E-state index contributed by atoms with van der Waals surface area (Å²) in [6, 6.07) is 7.54. The number of fused-ring (bicyclic) bond motifs is 1. The minimum absolute atomic E-state index is 0.0103. The van der Waals surface area contributed by atoms with Gasteiger partial charge in [-0.05, 0) is 31.5 Å². The third-order valence-corrected chi connectivity index (χ3v) is 6.12. The van der Waals surface area contributed by atoms with Crippen molar-refractivity contribution in [3.63, 3.8) is 0 Å². The number of nitrogens with one attached hydrogen (secondary N) is 1. The fourth-order valence-corrected chi connectivity index (χ4v) is 4.32. The summed E-state index contributed by atoms with van der Waals surface area (Å²) in [6.07, 6.45) is 5.23. The number of piperazine rings is 1. The van der Waals surface area contributed by atoms with Gasteiger partial charge in [0.1, 0.15) is 11.3 Å². The summed E-state index contributed by atoms with van der Waals surface area (Å²) in [4.78, 5) is 30.2. The summed E-state index contributed by atoms with van der Waals surface area (Å²) in [5.74, 6) is 0.163. The Morgan fingerprint density at radius 1 is 1.07 bits per heavy atom. The van der Waals surface area contributed by atoms with E-state index in [0.29, 0.717) is 24.4 Å². The number of amides is 2. The van der Waals surface area contributed by atoms with Crippen molar-refractivity contribution in [2.75, 3.05) is 38.0 Å². The number of likely N-dealkylation sites (N-methyl/N-ethyl adjacent to an activating group) is 1. The molecule has 150 valence electrons. The van der Waals surface area contributed by atoms with Gasteiger partial charge in [0, 0.05) is 37.5 Å². The number of nitrogens with zero attached hydrogens (tertiary/aromatic N) is 2. The number of rotatable bonds is 4. The Morgan fingerprint density at radius 2 is 1.79 bits per heavy atom. The molecule has 1 saturated carbocycles. The van der Waals surface area contributed by atoms with Crippen molar-refractivity contribution in [1.29, 1.82) is 0 Å². The maximum atomic E-state index is 13.2. The van der Waals surface area contributed by atoms with Crippen LogP contribution in [0.25, 0.3) is 11.0 Å². The lowest BCUT2D eigenvalue weighted by molar-refractivity contribution is -0.120. The molecule has 1 N–H and O–H groups in total. The third kappa shape index (κ3) is 3.78. The zero-order valence-corrected chi connectivity index (χ0v) is 16.6. The van der Waals surface area contributed by atoms with Gasteiger partial charge in [-0.25, -0.2) is 0 Å². The first-order valence-electron chi connectivity index (χ1n) is 10.5. The number of furan rings is 1. The molecule has 2 aliphatic rings. The van der Waals surface area contributed by atoms with Crippen LogP contribution in [-0.2, 0) is 4.79 Å². The molecule has 1 saturated heterocycles. The predicted octanol–water partition coefficient (Wildman–Crippen LogP) is 3.73. The second-order valence-electron chi connectivity index (χ2n) is 7.85. The summed E-state index contributed by atoms with van der Waals surface area (Å²) in [5.41, 5.74) is 1.17. The van der Waals surface area contributed by atoms with Crippen molar-refractivity contribution in [3.05, 3.63) is 30.0 Å². The van der Waals surface area contributed by atoms with Crippen molar-refractivity contribution in [2.24, 2.45) is 5.92 Å². The molecule has 6 heteroatoms. The first-order valence-corrected chi connectivity index (χ1v) is 10.5. The van der Waals surface area contributed by atoms with E-state index in [0.717, 1.165) is 50.7 Å². The Balaban J connectivity index is 1.60. The molecule has 0 radical (unpaired) electrons. The molecular formula is C22H29N3O3. The van der Waals surface area contributed by atoms with Crippen molar-refractivity contribution in [1.82, 2.24) is 9.80 Å². The Labute approximate surface area is 165 Å². The van der Waals surface area contributed by atoms with E-state index in [2.05, 4.69) is 17.1 Å². The molecule has 0 unspecified atom stereocenters. The average Bonchev–Trinajstić information content (AvgIpc) is 3.12. The first kappa shape index (κ1) is 19.0. The van der Waals surface area contributed by atoms with Crippen LogP contribution in [0, 0.1) is 5.92 Å². The van der Waals surface area contributed by atoms with Crippen LogP contribution in [0.4, 0.5) is 5.69 Å². The molecular weight excluding hydrogens is 354 g/mol. The Bertz CT molecular complexity index is 846. The quantitative estimate of drug-likeness (QED) is 0.874. The molecule has 4 rings (SSSR count). The van der Waals surface area contributed by atoms with Crippen molar-refractivity contribution < 1.29 is 14.0 Å². The maximum absolute atomic E-state index is 13.2. The number of benzene rings is 1. The molecule has 2 aromatic rings. The van der Waals surface area contributed by atoms with E-state index in [9.17, 15) is 9.59 Å². The second kappa shape index (κ2) is 8.35. The fourth-order valence-electron chi connectivity index (χ4n) is 4.32. The van der Waals surface area contributed by atoms with Gasteiger partial charge in [0.15, 0.2) is 0 Å². The highest BCUT2D eigenvalue weighted by Gasteiger charge is 2.30. The molecule has 28 heavy (non-hydrogen) atoms. The van der Waals surface area contributed by atoms with E-state index in [1.54, 1.807) is 0 Å². The van der Waals surface area contributed by atoms with E-state index in [4.69, 9.17) is 4.42 Å². The Morgan fingerprint density at radius 3 is 2.50 bits per heavy atom. The van der Waals surface area contributed by atoms with Crippen LogP contribution in [0.2, 0.25) is 0 Å². The molecule has 2 fully saturated rings. The van der Waals surface area contributed by atoms with Crippen molar-refractivity contribution >= 4 is 28.5 Å². The van der Waals surface area contributed by atoms with Crippen molar-refractivity contribution in [2.45, 2.75) is 39.0 Å². The van der Waals surface area contributed by atoms with Crippen LogP contribution < -0.4 is 5.32 Å². The zero-order chi connectivity index (χ0) is 19.5. The third-order valence-electron chi connectivity index (χ3n) is 6.12. The number of carbonyl (C=O) groups excluding carboxylic acids is 2. The topological polar surface area (TPSA) is 65.8 Å². The maximum Gasteiger partial charge on any atom is 0.291 e. The normalized spacial score (nSPS) is 19.1. The predicted molar refractivity (Wildman–Crippen MR) is 109 cm³/mol. The number of hydrogen-bond acceptors (Lipinski definition) is 4. The first-order chi connectivity index (χ1) is 13.7. The summed E-state index contributed by atoms with van der Waals surface area (Å²) in [7, 11) is 0. The van der Waals surface area contributed by atoms with Crippen LogP contribution in [0.3, 0.4) is 0 Å². The summed E-state index contributed by atoms with van der Waals surface area (Å²) >= 11 is 0. The number of anilines is 1. The molecule has 2 heterocycles. The Hall–Kier alpha value is -2.34. The molecule has 1 aromatic carbocycles. The van der Waals surface area contributed by atoms with Gasteiger partial charge in [-0.15, -0.1) is 0 Å². The molecule has 0 atom stereocenters. The van der Waals surface area contributed by atoms with Crippen LogP contribution >= 0.6 is 0 Å². The number of hydrogen-bond donors (Lipinski definition) is 1. The van der Waals surface area contributed by atoms with E-state index >= 15 is 0 Å². The number of para-hydroxylation sites is 1. The van der Waals surface area contributed by atoms with Crippen LogP contribution in [0.5, 0.6) is 0 Å². The van der Waals surface area contributed by atoms with E-state index in [1.165, 1.54) is 6.42 Å². The molecule has 0 bridgehead atoms. The summed E-state index contributed by atoms with van der Waals surface area (Å²) in [5, 5.41) is 3.85.